The molecule has 4 aromatic rings. The summed E-state index contributed by atoms with van der Waals surface area (Å²) in [6, 6.07) is 26.7. The number of rotatable bonds is 20. The molecule has 4 aromatic carbocycles. The van der Waals surface area contributed by atoms with Gasteiger partial charge in [-0.25, -0.2) is 28.8 Å². The number of amides is 1. The van der Waals surface area contributed by atoms with Crippen molar-refractivity contribution in [1.29, 1.82) is 0 Å². The zero-order valence-electron chi connectivity index (χ0n) is 58.7. The molecule has 20 nitrogen and oxygen atoms in total. The Morgan fingerprint density at radius 2 is 0.794 bits per heavy atom. The first-order valence-electron chi connectivity index (χ1n) is 30.7. The number of nitrogens with zero attached hydrogens (tertiary/aromatic N) is 1. The van der Waals surface area contributed by atoms with E-state index in [9.17, 15) is 66.5 Å². The average molecular weight is 1360 g/mol. The fourth-order valence-electron chi connectivity index (χ4n) is 9.52. The zero-order chi connectivity index (χ0) is 74.4. The molecule has 0 aromatic heterocycles. The van der Waals surface area contributed by atoms with Crippen LogP contribution in [0.4, 0.5) is 13.2 Å². The minimum Gasteiger partial charge on any atom is -0.465 e. The van der Waals surface area contributed by atoms with E-state index in [1.807, 2.05) is 38.1 Å². The normalized spacial score (nSPS) is 16.4. The van der Waals surface area contributed by atoms with Gasteiger partial charge in [0.1, 0.15) is 39.5 Å². The molecular formula is C74H92F3NO19. The summed E-state index contributed by atoms with van der Waals surface area (Å²) in [6.07, 6.45) is -3.68. The van der Waals surface area contributed by atoms with Crippen molar-refractivity contribution in [3.8, 4) is 0 Å². The van der Waals surface area contributed by atoms with Crippen LogP contribution in [0.2, 0.25) is 0 Å². The van der Waals surface area contributed by atoms with Gasteiger partial charge in [-0.1, -0.05) is 105 Å². The first-order valence-corrected chi connectivity index (χ1v) is 30.7. The predicted octanol–water partition coefficient (Wildman–Crippen LogP) is 11.8. The maximum Gasteiger partial charge on any atom is 0.421 e. The van der Waals surface area contributed by atoms with Crippen LogP contribution in [0.5, 0.6) is 0 Å². The Kier molecular flexibility index (Phi) is 27.6. The van der Waals surface area contributed by atoms with Gasteiger partial charge in [0.25, 0.3) is 0 Å². The van der Waals surface area contributed by atoms with Crippen LogP contribution in [0, 0.1) is 11.8 Å². The van der Waals surface area contributed by atoms with Crippen LogP contribution < -0.4 is 0 Å². The van der Waals surface area contributed by atoms with E-state index in [0.717, 1.165) is 18.2 Å². The molecule has 5 unspecified atom stereocenters. The Hall–Kier alpha value is -9.22. The van der Waals surface area contributed by atoms with Crippen LogP contribution in [0.25, 0.3) is 0 Å². The number of halogens is 3. The minimum atomic E-state index is -4.82. The van der Waals surface area contributed by atoms with E-state index in [0.29, 0.717) is 65.1 Å². The number of alkyl halides is 3. The molecule has 2 heterocycles. The summed E-state index contributed by atoms with van der Waals surface area (Å²) >= 11 is 0. The van der Waals surface area contributed by atoms with Gasteiger partial charge in [0, 0.05) is 36.4 Å². The van der Waals surface area contributed by atoms with E-state index in [1.165, 1.54) is 38.1 Å². The molecule has 2 N–H and O–H groups in total. The number of carbonyl (C=O) groups is 9. The third-order valence-corrected chi connectivity index (χ3v) is 16.1. The number of esters is 8. The molecule has 0 radical (unpaired) electrons. The molecule has 0 bridgehead atoms. The smallest absolute Gasteiger partial charge is 0.421 e. The van der Waals surface area contributed by atoms with Gasteiger partial charge in [-0.2, -0.15) is 13.2 Å². The predicted molar refractivity (Wildman–Crippen MR) is 353 cm³/mol. The summed E-state index contributed by atoms with van der Waals surface area (Å²) in [5.74, 6) is -6.58. The second-order valence-corrected chi connectivity index (χ2v) is 26.4. The second-order valence-electron chi connectivity index (χ2n) is 26.4. The molecule has 0 aliphatic carbocycles. The summed E-state index contributed by atoms with van der Waals surface area (Å²) in [7, 11) is 4.56. The van der Waals surface area contributed by atoms with Crippen LogP contribution in [0.1, 0.15) is 161 Å². The third kappa shape index (κ3) is 21.9. The first kappa shape index (κ1) is 82.0. The molecule has 2 fully saturated rings. The fraction of sp³-hybridized carbons (Fsp3) is 0.446. The molecule has 0 spiro atoms. The van der Waals surface area contributed by atoms with Gasteiger partial charge in [0.15, 0.2) is 5.60 Å². The Morgan fingerprint density at radius 1 is 0.474 bits per heavy atom. The molecule has 528 valence electrons. The Balaban J connectivity index is 0.000000340. The summed E-state index contributed by atoms with van der Waals surface area (Å²) < 4.78 is 80.4. The van der Waals surface area contributed by atoms with Crippen LogP contribution in [0.3, 0.4) is 0 Å². The Morgan fingerprint density at radius 3 is 1.15 bits per heavy atom. The lowest BCUT2D eigenvalue weighted by atomic mass is 9.77. The summed E-state index contributed by atoms with van der Waals surface area (Å²) in [5, 5.41) is 20.9. The Bertz CT molecular complexity index is 3650. The van der Waals surface area contributed by atoms with Crippen LogP contribution >= 0.6 is 0 Å². The minimum absolute atomic E-state index is 0.0314. The van der Waals surface area contributed by atoms with Crippen molar-refractivity contribution in [3.63, 3.8) is 0 Å². The standard InChI is InChI=1S/C22H26O7.C19H24O6.C17H23NO3.C16H19F3O3/c1-13(2)18(23)29-22(4,17-9-11-28-20(17)25)15-7-5-6-14(12-15)21(3,26)16-8-10-27-19(16)24;1-12(2)15(20)24-18(3,4)13-9-8-10-14(11-13)19(5,6)25-17(22)16(21)23-7;1-12(2)16(20)21-17(3,4)14-9-7-8-13(10-14)11-15(19)18(5)6;1-10(2)13(20)22-14(3,4)11-7-6-8-12(9-11)15(5,21)16(17,18)19/h5-7,12,16-17,26H,1,8-11H2,2-4H3;8-11H,1H2,2-7H3;7-10H,1,11H2,2-6H3;6-9,21H,1H2,2-5H3. The summed E-state index contributed by atoms with van der Waals surface area (Å²) in [6.45, 7) is 38.4. The maximum absolute atomic E-state index is 12.9. The number of cyclic esters (lactones) is 2. The highest BCUT2D eigenvalue weighted by Gasteiger charge is 2.52. The van der Waals surface area contributed by atoms with Crippen molar-refractivity contribution >= 4 is 53.7 Å². The van der Waals surface area contributed by atoms with E-state index in [2.05, 4.69) is 31.1 Å². The van der Waals surface area contributed by atoms with Crippen LogP contribution in [-0.4, -0.2) is 109 Å². The van der Waals surface area contributed by atoms with E-state index in [1.54, 1.807) is 137 Å². The number of methoxy groups -OCH3 is 1. The first-order chi connectivity index (χ1) is 44.4. The number of likely N-dealkylation sites (N-methyl/N-ethyl adjacent to an activating group) is 1. The lowest BCUT2D eigenvalue weighted by Crippen LogP contribution is -2.40. The summed E-state index contributed by atoms with van der Waals surface area (Å²) in [5.41, 5.74) is -4.52. The highest BCUT2D eigenvalue weighted by molar-refractivity contribution is 6.29. The van der Waals surface area contributed by atoms with Gasteiger partial charge in [0.05, 0.1) is 32.7 Å². The number of carbonyl (C=O) groups excluding carboxylic acids is 9. The van der Waals surface area contributed by atoms with E-state index in [4.69, 9.17) is 33.2 Å². The zero-order valence-corrected chi connectivity index (χ0v) is 58.7. The van der Waals surface area contributed by atoms with Crippen molar-refractivity contribution in [3.05, 3.63) is 190 Å². The SMILES string of the molecule is C=C(C)C(=O)OC(C)(C)c1cccc(C(C)(C)OC(=O)C(=O)OC)c1.C=C(C)C(=O)OC(C)(C)c1cccc(C(C)(O)C(F)(F)F)c1.C=C(C)C(=O)OC(C)(C)c1cccc(CC(=O)N(C)C)c1.C=C(C)C(=O)OC(C)(c1cccc(C(C)(O)C2CCOC2=O)c1)C1CCOC1=O. The monoisotopic (exact) mass is 1360 g/mol. The quantitative estimate of drug-likeness (QED) is 0.0360. The second kappa shape index (κ2) is 32.7. The molecule has 1 amide bonds. The molecule has 0 saturated carbocycles. The lowest BCUT2D eigenvalue weighted by Gasteiger charge is -2.35. The van der Waals surface area contributed by atoms with E-state index < -0.39 is 105 Å². The lowest BCUT2D eigenvalue weighted by molar-refractivity contribution is -0.258. The number of benzene rings is 4. The maximum atomic E-state index is 12.9. The molecule has 2 aliphatic heterocycles. The van der Waals surface area contributed by atoms with Crippen molar-refractivity contribution < 1.29 is 104 Å². The summed E-state index contributed by atoms with van der Waals surface area (Å²) in [4.78, 5) is 108. The van der Waals surface area contributed by atoms with Gasteiger partial charge in [-0.3, -0.25) is 14.4 Å². The van der Waals surface area contributed by atoms with Crippen molar-refractivity contribution in [2.75, 3.05) is 34.4 Å². The molecule has 6 rings (SSSR count). The topological polar surface area (TPSA) is 271 Å². The Labute approximate surface area is 565 Å². The highest BCUT2D eigenvalue weighted by Crippen LogP contribution is 2.44. The number of aliphatic hydroxyl groups is 2. The van der Waals surface area contributed by atoms with E-state index in [-0.39, 0.29) is 35.8 Å². The molecule has 97 heavy (non-hydrogen) atoms. The fourth-order valence-corrected chi connectivity index (χ4v) is 9.52. The number of hydrogen-bond acceptors (Lipinski definition) is 19. The van der Waals surface area contributed by atoms with Crippen LogP contribution in [0.15, 0.2) is 146 Å². The van der Waals surface area contributed by atoms with Crippen molar-refractivity contribution in [2.24, 2.45) is 11.8 Å². The third-order valence-electron chi connectivity index (χ3n) is 16.1. The highest BCUT2D eigenvalue weighted by atomic mass is 19.4. The molecule has 23 heteroatoms. The van der Waals surface area contributed by atoms with Crippen molar-refractivity contribution in [2.45, 2.75) is 169 Å². The molecular weight excluding hydrogens is 1260 g/mol. The van der Waals surface area contributed by atoms with Gasteiger partial charge in [-0.05, 0) is 179 Å². The van der Waals surface area contributed by atoms with Gasteiger partial charge >= 0.3 is 53.9 Å². The molecule has 2 saturated heterocycles. The number of hydrogen-bond donors (Lipinski definition) is 2. The van der Waals surface area contributed by atoms with Crippen molar-refractivity contribution in [1.82, 2.24) is 4.90 Å². The van der Waals surface area contributed by atoms with Gasteiger partial charge in [-0.15, -0.1) is 0 Å². The largest absolute Gasteiger partial charge is 0.465 e. The van der Waals surface area contributed by atoms with Gasteiger partial charge < -0.3 is 53.0 Å². The number of ether oxygens (including phenoxy) is 8. The molecule has 5 atom stereocenters. The van der Waals surface area contributed by atoms with E-state index >= 15 is 0 Å². The molecule has 2 aliphatic rings. The average Bonchev–Trinajstić information content (AvgIpc) is 1.73. The van der Waals surface area contributed by atoms with Gasteiger partial charge in [0.2, 0.25) is 5.91 Å². The van der Waals surface area contributed by atoms with Crippen LogP contribution in [-0.2, 0) is 127 Å².